The standard InChI is InChI=1S/C15H24N6O/c1-19-6-2-3-13(19)11-18-15(22)21-9-7-20(8-10-21)14-12-16-4-5-17-14/h4-5,12-13H,2-3,6-11H2,1H3,(H,18,22). The Balaban J connectivity index is 1.44. The molecule has 3 heterocycles. The van der Waals surface area contributed by atoms with Crippen LogP contribution < -0.4 is 10.2 Å². The lowest BCUT2D eigenvalue weighted by Crippen LogP contribution is -2.53. The van der Waals surface area contributed by atoms with Crippen molar-refractivity contribution in [2.24, 2.45) is 0 Å². The first kappa shape index (κ1) is 15.0. The molecule has 22 heavy (non-hydrogen) atoms. The number of anilines is 1. The Morgan fingerprint density at radius 1 is 1.27 bits per heavy atom. The third-order valence-electron chi connectivity index (χ3n) is 4.60. The SMILES string of the molecule is CN1CCCC1CNC(=O)N1CCN(c2cnccn2)CC1. The Morgan fingerprint density at radius 3 is 2.73 bits per heavy atom. The fraction of sp³-hybridized carbons (Fsp3) is 0.667. The average Bonchev–Trinajstić information content (AvgIpc) is 2.99. The van der Waals surface area contributed by atoms with Crippen LogP contribution in [0.4, 0.5) is 10.6 Å². The van der Waals surface area contributed by atoms with Gasteiger partial charge in [0.05, 0.1) is 6.20 Å². The van der Waals surface area contributed by atoms with Gasteiger partial charge in [0.2, 0.25) is 0 Å². The number of aromatic nitrogens is 2. The molecule has 1 aromatic rings. The van der Waals surface area contributed by atoms with Gasteiger partial charge in [-0.05, 0) is 26.4 Å². The molecule has 2 aliphatic heterocycles. The average molecular weight is 304 g/mol. The second kappa shape index (κ2) is 6.91. The molecule has 0 aromatic carbocycles. The Bertz CT molecular complexity index is 488. The summed E-state index contributed by atoms with van der Waals surface area (Å²) in [4.78, 5) is 27.0. The van der Waals surface area contributed by atoms with Crippen molar-refractivity contribution >= 4 is 11.8 Å². The van der Waals surface area contributed by atoms with Gasteiger partial charge in [0.15, 0.2) is 0 Å². The highest BCUT2D eigenvalue weighted by Crippen LogP contribution is 2.14. The van der Waals surface area contributed by atoms with Gasteiger partial charge in [0.25, 0.3) is 0 Å². The largest absolute Gasteiger partial charge is 0.352 e. The summed E-state index contributed by atoms with van der Waals surface area (Å²) in [5.74, 6) is 0.884. The van der Waals surface area contributed by atoms with Crippen LogP contribution in [0.5, 0.6) is 0 Å². The molecule has 1 unspecified atom stereocenters. The number of likely N-dealkylation sites (N-methyl/N-ethyl adjacent to an activating group) is 1. The summed E-state index contributed by atoms with van der Waals surface area (Å²) in [6.45, 7) is 4.94. The Hall–Kier alpha value is -1.89. The number of carbonyl (C=O) groups excluding carboxylic acids is 1. The zero-order chi connectivity index (χ0) is 15.4. The van der Waals surface area contributed by atoms with Gasteiger partial charge >= 0.3 is 6.03 Å². The minimum Gasteiger partial charge on any atom is -0.352 e. The molecule has 2 saturated heterocycles. The van der Waals surface area contributed by atoms with Crippen LogP contribution in [0, 0.1) is 0 Å². The third kappa shape index (κ3) is 3.47. The van der Waals surface area contributed by atoms with Crippen molar-refractivity contribution in [2.45, 2.75) is 18.9 Å². The summed E-state index contributed by atoms with van der Waals surface area (Å²) < 4.78 is 0. The molecule has 1 atom stereocenters. The van der Waals surface area contributed by atoms with Crippen molar-refractivity contribution in [3.05, 3.63) is 18.6 Å². The number of nitrogens with one attached hydrogen (secondary N) is 1. The molecular formula is C15H24N6O. The Kier molecular flexibility index (Phi) is 4.72. The van der Waals surface area contributed by atoms with Crippen LogP contribution in [0.2, 0.25) is 0 Å². The highest BCUT2D eigenvalue weighted by atomic mass is 16.2. The molecule has 0 aliphatic carbocycles. The van der Waals surface area contributed by atoms with E-state index in [9.17, 15) is 4.79 Å². The fourth-order valence-corrected chi connectivity index (χ4v) is 3.15. The van der Waals surface area contributed by atoms with Gasteiger partial charge in [-0.2, -0.15) is 0 Å². The van der Waals surface area contributed by atoms with Gasteiger partial charge in [-0.25, -0.2) is 9.78 Å². The first-order valence-electron chi connectivity index (χ1n) is 7.98. The van der Waals surface area contributed by atoms with E-state index in [2.05, 4.69) is 32.1 Å². The minimum absolute atomic E-state index is 0.0547. The number of hydrogen-bond acceptors (Lipinski definition) is 5. The Morgan fingerprint density at radius 2 is 2.09 bits per heavy atom. The van der Waals surface area contributed by atoms with Gasteiger partial charge in [0, 0.05) is 51.2 Å². The van der Waals surface area contributed by atoms with Crippen molar-refractivity contribution in [1.82, 2.24) is 25.1 Å². The molecule has 0 spiro atoms. The first-order valence-corrected chi connectivity index (χ1v) is 7.98. The van der Waals surface area contributed by atoms with E-state index < -0.39 is 0 Å². The predicted octanol–water partition coefficient (Wildman–Crippen LogP) is 0.402. The lowest BCUT2D eigenvalue weighted by atomic mass is 10.2. The molecule has 3 rings (SSSR count). The number of likely N-dealkylation sites (tertiary alicyclic amines) is 1. The van der Waals surface area contributed by atoms with E-state index >= 15 is 0 Å². The van der Waals surface area contributed by atoms with E-state index in [1.807, 2.05) is 4.90 Å². The number of carbonyl (C=O) groups is 1. The molecule has 1 N–H and O–H groups in total. The zero-order valence-corrected chi connectivity index (χ0v) is 13.1. The van der Waals surface area contributed by atoms with Crippen molar-refractivity contribution < 1.29 is 4.79 Å². The molecular weight excluding hydrogens is 280 g/mol. The van der Waals surface area contributed by atoms with Crippen LogP contribution in [-0.4, -0.2) is 78.2 Å². The number of rotatable bonds is 3. The first-order chi connectivity index (χ1) is 10.7. The molecule has 1 aromatic heterocycles. The maximum atomic E-state index is 12.3. The minimum atomic E-state index is 0.0547. The van der Waals surface area contributed by atoms with Crippen LogP contribution >= 0.6 is 0 Å². The molecule has 0 saturated carbocycles. The van der Waals surface area contributed by atoms with Crippen molar-refractivity contribution in [3.8, 4) is 0 Å². The number of amides is 2. The maximum Gasteiger partial charge on any atom is 0.317 e. The van der Waals surface area contributed by atoms with Gasteiger partial charge in [-0.3, -0.25) is 4.98 Å². The summed E-state index contributed by atoms with van der Waals surface area (Å²) in [6, 6.07) is 0.545. The molecule has 2 amide bonds. The van der Waals surface area contributed by atoms with Gasteiger partial charge < -0.3 is 20.0 Å². The second-order valence-corrected chi connectivity index (χ2v) is 6.00. The summed E-state index contributed by atoms with van der Waals surface area (Å²) in [5.41, 5.74) is 0. The monoisotopic (exact) mass is 304 g/mol. The summed E-state index contributed by atoms with van der Waals surface area (Å²) in [6.07, 6.45) is 7.55. The molecule has 7 heteroatoms. The highest BCUT2D eigenvalue weighted by molar-refractivity contribution is 5.74. The van der Waals surface area contributed by atoms with Crippen LogP contribution in [0.3, 0.4) is 0 Å². The van der Waals surface area contributed by atoms with Crippen molar-refractivity contribution in [2.75, 3.05) is 51.2 Å². The Labute approximate surface area is 131 Å². The lowest BCUT2D eigenvalue weighted by Gasteiger charge is -2.35. The summed E-state index contributed by atoms with van der Waals surface area (Å²) >= 11 is 0. The highest BCUT2D eigenvalue weighted by Gasteiger charge is 2.24. The maximum absolute atomic E-state index is 12.3. The van der Waals surface area contributed by atoms with Crippen LogP contribution in [0.25, 0.3) is 0 Å². The lowest BCUT2D eigenvalue weighted by molar-refractivity contribution is 0.190. The van der Waals surface area contributed by atoms with E-state index in [4.69, 9.17) is 0 Å². The van der Waals surface area contributed by atoms with Crippen molar-refractivity contribution in [3.63, 3.8) is 0 Å². The van der Waals surface area contributed by atoms with Crippen LogP contribution in [-0.2, 0) is 0 Å². The molecule has 2 fully saturated rings. The summed E-state index contributed by atoms with van der Waals surface area (Å²) in [7, 11) is 2.13. The predicted molar refractivity (Wildman–Crippen MR) is 84.9 cm³/mol. The molecule has 0 radical (unpaired) electrons. The topological polar surface area (TPSA) is 64.6 Å². The quantitative estimate of drug-likeness (QED) is 0.876. The van der Waals surface area contributed by atoms with E-state index in [-0.39, 0.29) is 6.03 Å². The van der Waals surface area contributed by atoms with E-state index in [0.29, 0.717) is 6.04 Å². The van der Waals surface area contributed by atoms with E-state index in [1.165, 1.54) is 12.8 Å². The summed E-state index contributed by atoms with van der Waals surface area (Å²) in [5, 5.41) is 3.08. The molecule has 2 aliphatic rings. The smallest absolute Gasteiger partial charge is 0.317 e. The molecule has 0 bridgehead atoms. The van der Waals surface area contributed by atoms with Gasteiger partial charge in [-0.1, -0.05) is 0 Å². The second-order valence-electron chi connectivity index (χ2n) is 6.00. The number of urea groups is 1. The number of hydrogen-bond donors (Lipinski definition) is 1. The van der Waals surface area contributed by atoms with E-state index in [0.717, 1.165) is 45.1 Å². The third-order valence-corrected chi connectivity index (χ3v) is 4.60. The molecule has 120 valence electrons. The number of piperazine rings is 1. The van der Waals surface area contributed by atoms with Crippen LogP contribution in [0.15, 0.2) is 18.6 Å². The normalized spacial score (nSPS) is 22.9. The van der Waals surface area contributed by atoms with Crippen molar-refractivity contribution in [1.29, 1.82) is 0 Å². The van der Waals surface area contributed by atoms with Gasteiger partial charge in [-0.15, -0.1) is 0 Å². The zero-order valence-electron chi connectivity index (χ0n) is 13.1. The van der Waals surface area contributed by atoms with Crippen LogP contribution in [0.1, 0.15) is 12.8 Å². The van der Waals surface area contributed by atoms with E-state index in [1.54, 1.807) is 18.6 Å². The molecule has 7 nitrogen and oxygen atoms in total. The number of nitrogens with zero attached hydrogens (tertiary/aromatic N) is 5. The van der Waals surface area contributed by atoms with Gasteiger partial charge in [0.1, 0.15) is 5.82 Å². The fourth-order valence-electron chi connectivity index (χ4n) is 3.15.